The zero-order valence-electron chi connectivity index (χ0n) is 12.8. The molecule has 0 aliphatic carbocycles. The van der Waals surface area contributed by atoms with Crippen LogP contribution in [0.1, 0.15) is 18.1 Å². The van der Waals surface area contributed by atoms with Crippen LogP contribution in [0.3, 0.4) is 0 Å². The van der Waals surface area contributed by atoms with Crippen LogP contribution in [0.5, 0.6) is 17.2 Å². The Labute approximate surface area is 130 Å². The molecule has 0 N–H and O–H groups in total. The lowest BCUT2D eigenvalue weighted by Gasteiger charge is -2.12. The molecule has 4 nitrogen and oxygen atoms in total. The molecule has 0 spiro atoms. The standard InChI is InChI=1S/C18H19NO3/c1-3-14-5-4-6-16(11-14)21-9-10-22-17-8-7-15(13-19)12-18(17)20-2/h4-8,11-12H,3,9-10H2,1-2H3. The number of rotatable bonds is 7. The van der Waals surface area contributed by atoms with Gasteiger partial charge in [0.15, 0.2) is 11.5 Å². The average molecular weight is 297 g/mol. The van der Waals surface area contributed by atoms with E-state index in [9.17, 15) is 0 Å². The summed E-state index contributed by atoms with van der Waals surface area (Å²) >= 11 is 0. The first-order valence-corrected chi connectivity index (χ1v) is 7.19. The highest BCUT2D eigenvalue weighted by atomic mass is 16.5. The summed E-state index contributed by atoms with van der Waals surface area (Å²) in [5, 5.41) is 8.86. The van der Waals surface area contributed by atoms with E-state index in [1.54, 1.807) is 25.3 Å². The molecule has 22 heavy (non-hydrogen) atoms. The first kappa shape index (κ1) is 15.7. The van der Waals surface area contributed by atoms with Gasteiger partial charge in [-0.2, -0.15) is 5.26 Å². The van der Waals surface area contributed by atoms with E-state index in [1.807, 2.05) is 18.2 Å². The quantitative estimate of drug-likeness (QED) is 0.733. The molecule has 2 aromatic carbocycles. The zero-order chi connectivity index (χ0) is 15.8. The number of hydrogen-bond acceptors (Lipinski definition) is 4. The van der Waals surface area contributed by atoms with Crippen molar-refractivity contribution in [3.05, 3.63) is 53.6 Å². The Balaban J connectivity index is 1.87. The van der Waals surface area contributed by atoms with E-state index in [1.165, 1.54) is 5.56 Å². The van der Waals surface area contributed by atoms with Crippen molar-refractivity contribution >= 4 is 0 Å². The number of ether oxygens (including phenoxy) is 3. The molecule has 0 saturated heterocycles. The van der Waals surface area contributed by atoms with Gasteiger partial charge in [-0.1, -0.05) is 19.1 Å². The van der Waals surface area contributed by atoms with Gasteiger partial charge in [0.2, 0.25) is 0 Å². The first-order valence-electron chi connectivity index (χ1n) is 7.19. The topological polar surface area (TPSA) is 51.5 Å². The second kappa shape index (κ2) is 7.94. The van der Waals surface area contributed by atoms with Gasteiger partial charge in [0.05, 0.1) is 18.7 Å². The molecule has 0 unspecified atom stereocenters. The SMILES string of the molecule is CCc1cccc(OCCOc2ccc(C#N)cc2OC)c1. The van der Waals surface area contributed by atoms with Gasteiger partial charge in [0.1, 0.15) is 19.0 Å². The number of methoxy groups -OCH3 is 1. The first-order chi connectivity index (χ1) is 10.8. The Hall–Kier alpha value is -2.67. The number of hydrogen-bond donors (Lipinski definition) is 0. The summed E-state index contributed by atoms with van der Waals surface area (Å²) in [7, 11) is 1.55. The molecular formula is C18H19NO3. The minimum atomic E-state index is 0.401. The van der Waals surface area contributed by atoms with Crippen LogP contribution in [0.2, 0.25) is 0 Å². The van der Waals surface area contributed by atoms with Crippen LogP contribution < -0.4 is 14.2 Å². The monoisotopic (exact) mass is 297 g/mol. The molecule has 0 heterocycles. The van der Waals surface area contributed by atoms with Crippen molar-refractivity contribution in [3.8, 4) is 23.3 Å². The third-order valence-corrected chi connectivity index (χ3v) is 3.21. The highest BCUT2D eigenvalue weighted by molar-refractivity contribution is 5.46. The van der Waals surface area contributed by atoms with Gasteiger partial charge >= 0.3 is 0 Å². The summed E-state index contributed by atoms with van der Waals surface area (Å²) in [6.07, 6.45) is 0.982. The van der Waals surface area contributed by atoms with Crippen molar-refractivity contribution in [1.82, 2.24) is 0 Å². The molecule has 0 aliphatic heterocycles. The van der Waals surface area contributed by atoms with Gasteiger partial charge in [-0.25, -0.2) is 0 Å². The fourth-order valence-corrected chi connectivity index (χ4v) is 2.02. The fraction of sp³-hybridized carbons (Fsp3) is 0.278. The molecule has 0 radical (unpaired) electrons. The van der Waals surface area contributed by atoms with Gasteiger partial charge in [-0.3, -0.25) is 0 Å². The predicted molar refractivity (Wildman–Crippen MR) is 84.5 cm³/mol. The van der Waals surface area contributed by atoms with Crippen molar-refractivity contribution in [2.24, 2.45) is 0 Å². The van der Waals surface area contributed by atoms with Gasteiger partial charge in [0, 0.05) is 6.07 Å². The maximum absolute atomic E-state index is 8.86. The van der Waals surface area contributed by atoms with E-state index in [0.717, 1.165) is 12.2 Å². The highest BCUT2D eigenvalue weighted by Gasteiger charge is 2.05. The van der Waals surface area contributed by atoms with Crippen molar-refractivity contribution in [3.63, 3.8) is 0 Å². The Morgan fingerprint density at radius 3 is 2.55 bits per heavy atom. The van der Waals surface area contributed by atoms with Crippen LogP contribution in [0.25, 0.3) is 0 Å². The molecule has 0 fully saturated rings. The van der Waals surface area contributed by atoms with Crippen molar-refractivity contribution in [1.29, 1.82) is 5.26 Å². The molecule has 0 atom stereocenters. The van der Waals surface area contributed by atoms with Gasteiger partial charge in [0.25, 0.3) is 0 Å². The lowest BCUT2D eigenvalue weighted by Crippen LogP contribution is -2.09. The molecule has 0 aliphatic rings. The molecule has 2 aromatic rings. The van der Waals surface area contributed by atoms with Crippen LogP contribution >= 0.6 is 0 Å². The van der Waals surface area contributed by atoms with Gasteiger partial charge in [-0.15, -0.1) is 0 Å². The van der Waals surface area contributed by atoms with E-state index >= 15 is 0 Å². The van der Waals surface area contributed by atoms with Crippen LogP contribution in [0.4, 0.5) is 0 Å². The minimum absolute atomic E-state index is 0.401. The number of nitrogens with zero attached hydrogens (tertiary/aromatic N) is 1. The van der Waals surface area contributed by atoms with Crippen molar-refractivity contribution in [2.45, 2.75) is 13.3 Å². The summed E-state index contributed by atoms with van der Waals surface area (Å²) in [5.74, 6) is 1.99. The van der Waals surface area contributed by atoms with Crippen LogP contribution in [0, 0.1) is 11.3 Å². The van der Waals surface area contributed by atoms with E-state index in [2.05, 4.69) is 19.1 Å². The molecule has 2 rings (SSSR count). The summed E-state index contributed by atoms with van der Waals surface area (Å²) in [5.41, 5.74) is 1.78. The van der Waals surface area contributed by atoms with E-state index in [0.29, 0.717) is 30.3 Å². The van der Waals surface area contributed by atoms with E-state index in [-0.39, 0.29) is 0 Å². The fourth-order valence-electron chi connectivity index (χ4n) is 2.02. The van der Waals surface area contributed by atoms with Gasteiger partial charge in [-0.05, 0) is 36.2 Å². The molecule has 0 bridgehead atoms. The Morgan fingerprint density at radius 1 is 1.00 bits per heavy atom. The number of aryl methyl sites for hydroxylation is 1. The van der Waals surface area contributed by atoms with Crippen molar-refractivity contribution in [2.75, 3.05) is 20.3 Å². The van der Waals surface area contributed by atoms with Crippen LogP contribution in [-0.4, -0.2) is 20.3 Å². The smallest absolute Gasteiger partial charge is 0.162 e. The molecule has 0 aromatic heterocycles. The van der Waals surface area contributed by atoms with Crippen LogP contribution in [-0.2, 0) is 6.42 Å². The molecule has 0 saturated carbocycles. The third-order valence-electron chi connectivity index (χ3n) is 3.21. The maximum Gasteiger partial charge on any atom is 0.162 e. The van der Waals surface area contributed by atoms with Crippen LogP contribution in [0.15, 0.2) is 42.5 Å². The minimum Gasteiger partial charge on any atom is -0.493 e. The largest absolute Gasteiger partial charge is 0.493 e. The summed E-state index contributed by atoms with van der Waals surface area (Å²) in [4.78, 5) is 0. The lowest BCUT2D eigenvalue weighted by atomic mass is 10.2. The summed E-state index contributed by atoms with van der Waals surface area (Å²) in [6, 6.07) is 15.2. The number of benzene rings is 2. The predicted octanol–water partition coefficient (Wildman–Crippen LogP) is 3.59. The summed E-state index contributed by atoms with van der Waals surface area (Å²) < 4.78 is 16.5. The lowest BCUT2D eigenvalue weighted by molar-refractivity contribution is 0.211. The average Bonchev–Trinajstić information content (AvgIpc) is 2.58. The van der Waals surface area contributed by atoms with E-state index in [4.69, 9.17) is 19.5 Å². The molecular weight excluding hydrogens is 278 g/mol. The number of nitriles is 1. The molecule has 4 heteroatoms. The Kier molecular flexibility index (Phi) is 5.67. The molecule has 0 amide bonds. The zero-order valence-corrected chi connectivity index (χ0v) is 12.8. The van der Waals surface area contributed by atoms with Gasteiger partial charge < -0.3 is 14.2 Å². The highest BCUT2D eigenvalue weighted by Crippen LogP contribution is 2.27. The second-order valence-corrected chi connectivity index (χ2v) is 4.68. The van der Waals surface area contributed by atoms with E-state index < -0.39 is 0 Å². The Morgan fingerprint density at radius 2 is 1.82 bits per heavy atom. The second-order valence-electron chi connectivity index (χ2n) is 4.68. The third kappa shape index (κ3) is 4.16. The summed E-state index contributed by atoms with van der Waals surface area (Å²) in [6.45, 7) is 2.95. The Bertz CT molecular complexity index is 662. The van der Waals surface area contributed by atoms with Crippen molar-refractivity contribution < 1.29 is 14.2 Å². The molecule has 114 valence electrons. The maximum atomic E-state index is 8.86. The normalized spacial score (nSPS) is 9.86.